The first kappa shape index (κ1) is 12.0. The topological polar surface area (TPSA) is 20.3 Å². The summed E-state index contributed by atoms with van der Waals surface area (Å²) in [5.41, 5.74) is 4.06. The Bertz CT molecular complexity index is 505. The molecule has 1 aromatic rings. The maximum Gasteiger partial charge on any atom is 0.253 e. The number of hydrogen-bond acceptors (Lipinski definition) is 1. The van der Waals surface area contributed by atoms with E-state index in [0.717, 1.165) is 36.0 Å². The highest BCUT2D eigenvalue weighted by molar-refractivity contribution is 9.10. The van der Waals surface area contributed by atoms with Gasteiger partial charge < -0.3 is 4.90 Å². The fraction of sp³-hybridized carbons (Fsp3) is 0.400. The van der Waals surface area contributed by atoms with Crippen molar-refractivity contribution in [2.75, 3.05) is 13.1 Å². The monoisotopic (exact) mass is 305 g/mol. The number of hydrogen-bond donors (Lipinski definition) is 0. The zero-order chi connectivity index (χ0) is 12.5. The zero-order valence-corrected chi connectivity index (χ0v) is 11.9. The summed E-state index contributed by atoms with van der Waals surface area (Å²) in [6, 6.07) is 7.65. The molecule has 2 aliphatic rings. The van der Waals surface area contributed by atoms with Crippen LogP contribution in [-0.4, -0.2) is 23.9 Å². The van der Waals surface area contributed by atoms with Gasteiger partial charge in [0.05, 0.1) is 0 Å². The molecule has 1 amide bonds. The number of benzene rings is 1. The van der Waals surface area contributed by atoms with Crippen molar-refractivity contribution in [3.05, 3.63) is 45.4 Å². The molecule has 94 valence electrons. The second kappa shape index (κ2) is 4.88. The molecule has 1 aliphatic carbocycles. The molecule has 0 unspecified atom stereocenters. The van der Waals surface area contributed by atoms with Crippen molar-refractivity contribution < 1.29 is 4.79 Å². The molecule has 1 saturated heterocycles. The van der Waals surface area contributed by atoms with Crippen molar-refractivity contribution in [2.45, 2.75) is 25.7 Å². The van der Waals surface area contributed by atoms with E-state index in [1.165, 1.54) is 12.8 Å². The average Bonchev–Trinajstić information content (AvgIpc) is 3.22. The lowest BCUT2D eigenvalue weighted by Gasteiger charge is -2.28. The largest absolute Gasteiger partial charge is 0.338 e. The summed E-state index contributed by atoms with van der Waals surface area (Å²) in [4.78, 5) is 14.3. The lowest BCUT2D eigenvalue weighted by molar-refractivity contribution is 0.0743. The van der Waals surface area contributed by atoms with E-state index < -0.39 is 0 Å². The van der Waals surface area contributed by atoms with Crippen LogP contribution in [0.3, 0.4) is 0 Å². The van der Waals surface area contributed by atoms with E-state index in [1.807, 2.05) is 29.2 Å². The standard InChI is InChI=1S/C15H16BrNO/c16-14-3-1-2-13(10-14)15(18)17-8-6-12(7-9-17)11-4-5-11/h1-3,10H,4-9H2. The molecule has 0 bridgehead atoms. The Balaban J connectivity index is 1.69. The lowest BCUT2D eigenvalue weighted by Crippen LogP contribution is -2.36. The number of likely N-dealkylation sites (tertiary alicyclic amines) is 1. The molecule has 3 rings (SSSR count). The van der Waals surface area contributed by atoms with E-state index in [0.29, 0.717) is 0 Å². The third kappa shape index (κ3) is 2.51. The molecule has 0 spiro atoms. The van der Waals surface area contributed by atoms with Crippen LogP contribution in [0, 0.1) is 0 Å². The smallest absolute Gasteiger partial charge is 0.253 e. The van der Waals surface area contributed by atoms with Crippen LogP contribution in [0.15, 0.2) is 39.9 Å². The first-order valence-electron chi connectivity index (χ1n) is 6.48. The number of carbonyl (C=O) groups excluding carboxylic acids is 1. The predicted molar refractivity (Wildman–Crippen MR) is 75.5 cm³/mol. The molecule has 0 N–H and O–H groups in total. The Morgan fingerprint density at radius 1 is 1.06 bits per heavy atom. The van der Waals surface area contributed by atoms with Gasteiger partial charge in [0.15, 0.2) is 0 Å². The maximum absolute atomic E-state index is 12.3. The van der Waals surface area contributed by atoms with Crippen LogP contribution < -0.4 is 0 Å². The molecular formula is C15H16BrNO. The van der Waals surface area contributed by atoms with Crippen LogP contribution in [0.2, 0.25) is 0 Å². The summed E-state index contributed by atoms with van der Waals surface area (Å²) in [5.74, 6) is 0.163. The number of allylic oxidation sites excluding steroid dienone is 1. The highest BCUT2D eigenvalue weighted by Gasteiger charge is 2.24. The Morgan fingerprint density at radius 2 is 1.72 bits per heavy atom. The number of amides is 1. The number of piperidine rings is 1. The third-order valence-corrected chi connectivity index (χ3v) is 4.22. The highest BCUT2D eigenvalue weighted by Crippen LogP contribution is 2.36. The van der Waals surface area contributed by atoms with Crippen LogP contribution >= 0.6 is 15.9 Å². The molecule has 1 aliphatic heterocycles. The predicted octanol–water partition coefficient (Wildman–Crippen LogP) is 3.78. The number of nitrogens with zero attached hydrogens (tertiary/aromatic N) is 1. The van der Waals surface area contributed by atoms with Crippen molar-refractivity contribution >= 4 is 21.8 Å². The van der Waals surface area contributed by atoms with Crippen LogP contribution in [0.5, 0.6) is 0 Å². The molecule has 1 heterocycles. The van der Waals surface area contributed by atoms with Gasteiger partial charge in [0.2, 0.25) is 0 Å². The molecule has 0 atom stereocenters. The third-order valence-electron chi connectivity index (χ3n) is 3.73. The highest BCUT2D eigenvalue weighted by atomic mass is 79.9. The Kier molecular flexibility index (Phi) is 3.25. The first-order valence-corrected chi connectivity index (χ1v) is 7.28. The second-order valence-corrected chi connectivity index (χ2v) is 5.93. The molecule has 18 heavy (non-hydrogen) atoms. The van der Waals surface area contributed by atoms with Gasteiger partial charge in [-0.2, -0.15) is 0 Å². The minimum Gasteiger partial charge on any atom is -0.338 e. The van der Waals surface area contributed by atoms with Gasteiger partial charge in [-0.3, -0.25) is 4.79 Å². The lowest BCUT2D eigenvalue weighted by atomic mass is 10.0. The minimum absolute atomic E-state index is 0.163. The molecule has 0 radical (unpaired) electrons. The molecule has 0 aromatic heterocycles. The summed E-state index contributed by atoms with van der Waals surface area (Å²) in [5, 5.41) is 0. The van der Waals surface area contributed by atoms with Crippen molar-refractivity contribution in [2.24, 2.45) is 0 Å². The Labute approximate surface area is 116 Å². The van der Waals surface area contributed by atoms with Crippen LogP contribution in [-0.2, 0) is 0 Å². The quantitative estimate of drug-likeness (QED) is 0.723. The zero-order valence-electron chi connectivity index (χ0n) is 10.3. The van der Waals surface area contributed by atoms with Crippen LogP contribution in [0.1, 0.15) is 36.0 Å². The summed E-state index contributed by atoms with van der Waals surface area (Å²) >= 11 is 3.41. The molecule has 2 nitrogen and oxygen atoms in total. The molecule has 3 heteroatoms. The summed E-state index contributed by atoms with van der Waals surface area (Å²) in [6.07, 6.45) is 4.76. The normalized spacial score (nSPS) is 19.1. The maximum atomic E-state index is 12.3. The second-order valence-electron chi connectivity index (χ2n) is 5.01. The van der Waals surface area contributed by atoms with E-state index in [1.54, 1.807) is 11.1 Å². The molecular weight excluding hydrogens is 290 g/mol. The van der Waals surface area contributed by atoms with Crippen LogP contribution in [0.25, 0.3) is 0 Å². The van der Waals surface area contributed by atoms with Gasteiger partial charge >= 0.3 is 0 Å². The molecule has 2 fully saturated rings. The fourth-order valence-corrected chi connectivity index (χ4v) is 2.95. The van der Waals surface area contributed by atoms with Crippen molar-refractivity contribution in [1.29, 1.82) is 0 Å². The van der Waals surface area contributed by atoms with E-state index in [9.17, 15) is 4.79 Å². The van der Waals surface area contributed by atoms with Crippen molar-refractivity contribution in [1.82, 2.24) is 4.90 Å². The molecule has 1 aromatic carbocycles. The van der Waals surface area contributed by atoms with Crippen molar-refractivity contribution in [3.8, 4) is 0 Å². The number of halogens is 1. The van der Waals surface area contributed by atoms with E-state index in [-0.39, 0.29) is 5.91 Å². The summed E-state index contributed by atoms with van der Waals surface area (Å²) in [6.45, 7) is 1.76. The Morgan fingerprint density at radius 3 is 2.33 bits per heavy atom. The SMILES string of the molecule is O=C(c1cccc(Br)c1)N1CCC(=C2CC2)CC1. The van der Waals surface area contributed by atoms with E-state index in [2.05, 4.69) is 15.9 Å². The van der Waals surface area contributed by atoms with E-state index >= 15 is 0 Å². The fourth-order valence-electron chi connectivity index (χ4n) is 2.55. The van der Waals surface area contributed by atoms with Gasteiger partial charge in [0, 0.05) is 23.1 Å². The Hall–Kier alpha value is -1.09. The minimum atomic E-state index is 0.163. The average molecular weight is 306 g/mol. The number of rotatable bonds is 1. The first-order chi connectivity index (χ1) is 8.74. The van der Waals surface area contributed by atoms with Crippen LogP contribution in [0.4, 0.5) is 0 Å². The van der Waals surface area contributed by atoms with Gasteiger partial charge in [0.1, 0.15) is 0 Å². The van der Waals surface area contributed by atoms with E-state index in [4.69, 9.17) is 0 Å². The van der Waals surface area contributed by atoms with Gasteiger partial charge in [-0.05, 0) is 43.9 Å². The van der Waals surface area contributed by atoms with Gasteiger partial charge in [0.25, 0.3) is 5.91 Å². The van der Waals surface area contributed by atoms with Crippen molar-refractivity contribution in [3.63, 3.8) is 0 Å². The summed E-state index contributed by atoms with van der Waals surface area (Å²) < 4.78 is 0.964. The van der Waals surface area contributed by atoms with Gasteiger partial charge in [-0.15, -0.1) is 0 Å². The van der Waals surface area contributed by atoms with Gasteiger partial charge in [-0.25, -0.2) is 0 Å². The van der Waals surface area contributed by atoms with Gasteiger partial charge in [-0.1, -0.05) is 33.1 Å². The number of carbonyl (C=O) groups is 1. The summed E-state index contributed by atoms with van der Waals surface area (Å²) in [7, 11) is 0. The molecule has 1 saturated carbocycles.